The Kier molecular flexibility index (Phi) is 5.62. The maximum Gasteiger partial charge on any atom is 0.0468 e. The van der Waals surface area contributed by atoms with Gasteiger partial charge in [0.1, 0.15) is 0 Å². The molecule has 1 aliphatic carbocycles. The quantitative estimate of drug-likeness (QED) is 0.595. The molecule has 2 heteroatoms. The molecule has 0 radical (unpaired) electrons. The van der Waals surface area contributed by atoms with Gasteiger partial charge in [0.25, 0.3) is 0 Å². The zero-order valence-corrected chi connectivity index (χ0v) is 10.6. The van der Waals surface area contributed by atoms with Gasteiger partial charge in [-0.1, -0.05) is 13.8 Å². The first-order chi connectivity index (χ1) is 7.18. The first-order valence-corrected chi connectivity index (χ1v) is 6.38. The Bertz CT molecular complexity index is 164. The maximum atomic E-state index is 5.15. The minimum atomic E-state index is 0.605. The summed E-state index contributed by atoms with van der Waals surface area (Å²) in [6, 6.07) is 0. The van der Waals surface area contributed by atoms with Gasteiger partial charge in [0, 0.05) is 20.3 Å². The average molecular weight is 213 g/mol. The van der Waals surface area contributed by atoms with E-state index < -0.39 is 0 Å². The molecular weight excluding hydrogens is 186 g/mol. The van der Waals surface area contributed by atoms with Crippen LogP contribution in [-0.4, -0.2) is 26.8 Å². The van der Waals surface area contributed by atoms with E-state index in [0.717, 1.165) is 12.5 Å². The van der Waals surface area contributed by atoms with Gasteiger partial charge in [-0.2, -0.15) is 0 Å². The zero-order chi connectivity index (χ0) is 11.1. The van der Waals surface area contributed by atoms with Crippen molar-refractivity contribution in [3.63, 3.8) is 0 Å². The highest BCUT2D eigenvalue weighted by Gasteiger charge is 2.41. The molecule has 0 amide bonds. The van der Waals surface area contributed by atoms with Gasteiger partial charge >= 0.3 is 0 Å². The van der Waals surface area contributed by atoms with Gasteiger partial charge < -0.3 is 10.1 Å². The number of nitrogens with one attached hydrogen (secondary N) is 1. The fraction of sp³-hybridized carbons (Fsp3) is 1.00. The summed E-state index contributed by atoms with van der Waals surface area (Å²) >= 11 is 0. The molecule has 0 aliphatic heterocycles. The van der Waals surface area contributed by atoms with Gasteiger partial charge in [-0.15, -0.1) is 0 Å². The van der Waals surface area contributed by atoms with Crippen molar-refractivity contribution in [1.29, 1.82) is 0 Å². The van der Waals surface area contributed by atoms with Crippen LogP contribution >= 0.6 is 0 Å². The fourth-order valence-electron chi connectivity index (χ4n) is 2.00. The first kappa shape index (κ1) is 13.0. The van der Waals surface area contributed by atoms with E-state index in [2.05, 4.69) is 19.2 Å². The summed E-state index contributed by atoms with van der Waals surface area (Å²) in [6.45, 7) is 7.90. The van der Waals surface area contributed by atoms with E-state index in [0.29, 0.717) is 5.41 Å². The van der Waals surface area contributed by atoms with Crippen LogP contribution in [0.2, 0.25) is 0 Å². The maximum absolute atomic E-state index is 5.15. The minimum absolute atomic E-state index is 0.605. The van der Waals surface area contributed by atoms with E-state index >= 15 is 0 Å². The summed E-state index contributed by atoms with van der Waals surface area (Å²) in [4.78, 5) is 0. The van der Waals surface area contributed by atoms with Gasteiger partial charge in [0.15, 0.2) is 0 Å². The summed E-state index contributed by atoms with van der Waals surface area (Å²) in [5.41, 5.74) is 0.605. The molecule has 0 heterocycles. The van der Waals surface area contributed by atoms with Crippen molar-refractivity contribution in [3.05, 3.63) is 0 Å². The summed E-state index contributed by atoms with van der Waals surface area (Å²) in [7, 11) is 1.80. The molecule has 90 valence electrons. The molecule has 15 heavy (non-hydrogen) atoms. The van der Waals surface area contributed by atoms with Crippen LogP contribution in [0.5, 0.6) is 0 Å². The Balaban J connectivity index is 1.95. The first-order valence-electron chi connectivity index (χ1n) is 6.38. The van der Waals surface area contributed by atoms with E-state index in [-0.39, 0.29) is 0 Å². The largest absolute Gasteiger partial charge is 0.385 e. The molecule has 0 bridgehead atoms. The highest BCUT2D eigenvalue weighted by Crippen LogP contribution is 2.48. The monoisotopic (exact) mass is 213 g/mol. The second kappa shape index (κ2) is 6.49. The Morgan fingerprint density at radius 1 is 1.33 bits per heavy atom. The zero-order valence-electron chi connectivity index (χ0n) is 10.6. The molecule has 0 saturated heterocycles. The van der Waals surface area contributed by atoms with E-state index in [1.807, 2.05) is 0 Å². The third kappa shape index (κ3) is 5.53. The summed E-state index contributed by atoms with van der Waals surface area (Å²) < 4.78 is 5.15. The van der Waals surface area contributed by atoms with Crippen molar-refractivity contribution in [2.45, 2.75) is 46.0 Å². The van der Waals surface area contributed by atoms with Crippen molar-refractivity contribution in [3.8, 4) is 0 Å². The number of methoxy groups -OCH3 is 1. The van der Waals surface area contributed by atoms with Gasteiger partial charge in [-0.3, -0.25) is 0 Å². The number of ether oxygens (including phenoxy) is 1. The average Bonchev–Trinajstić information content (AvgIpc) is 2.95. The standard InChI is InChI=1S/C13H27NO/c1-12(2)5-4-9-14-11-13(6-7-13)8-10-15-3/h12,14H,4-11H2,1-3H3. The molecule has 0 aromatic heterocycles. The third-order valence-electron chi connectivity index (χ3n) is 3.43. The van der Waals surface area contributed by atoms with Crippen LogP contribution in [0.4, 0.5) is 0 Å². The Labute approximate surface area is 94.8 Å². The van der Waals surface area contributed by atoms with E-state index in [1.54, 1.807) is 7.11 Å². The Morgan fingerprint density at radius 3 is 2.60 bits per heavy atom. The molecule has 0 atom stereocenters. The lowest BCUT2D eigenvalue weighted by Crippen LogP contribution is -2.26. The van der Waals surface area contributed by atoms with E-state index in [4.69, 9.17) is 4.74 Å². The van der Waals surface area contributed by atoms with Gasteiger partial charge in [-0.25, -0.2) is 0 Å². The van der Waals surface area contributed by atoms with Crippen LogP contribution in [-0.2, 0) is 4.74 Å². The molecule has 1 rings (SSSR count). The van der Waals surface area contributed by atoms with Crippen molar-refractivity contribution in [2.24, 2.45) is 11.3 Å². The van der Waals surface area contributed by atoms with Crippen LogP contribution in [0.3, 0.4) is 0 Å². The van der Waals surface area contributed by atoms with Crippen LogP contribution in [0.15, 0.2) is 0 Å². The minimum Gasteiger partial charge on any atom is -0.385 e. The Morgan fingerprint density at radius 2 is 2.07 bits per heavy atom. The lowest BCUT2D eigenvalue weighted by molar-refractivity contribution is 0.171. The molecule has 1 aliphatic rings. The summed E-state index contributed by atoms with van der Waals surface area (Å²) in [6.07, 6.45) is 6.69. The lowest BCUT2D eigenvalue weighted by Gasteiger charge is -2.15. The normalized spacial score (nSPS) is 18.4. The summed E-state index contributed by atoms with van der Waals surface area (Å²) in [5.74, 6) is 0.843. The van der Waals surface area contributed by atoms with E-state index in [9.17, 15) is 0 Å². The number of hydrogen-bond donors (Lipinski definition) is 1. The van der Waals surface area contributed by atoms with E-state index in [1.165, 1.54) is 45.2 Å². The van der Waals surface area contributed by atoms with Crippen molar-refractivity contribution in [1.82, 2.24) is 5.32 Å². The molecule has 1 fully saturated rings. The van der Waals surface area contributed by atoms with Crippen molar-refractivity contribution < 1.29 is 4.74 Å². The highest BCUT2D eigenvalue weighted by atomic mass is 16.5. The van der Waals surface area contributed by atoms with Crippen molar-refractivity contribution >= 4 is 0 Å². The van der Waals surface area contributed by atoms with Gasteiger partial charge in [0.05, 0.1) is 0 Å². The summed E-state index contributed by atoms with van der Waals surface area (Å²) in [5, 5.41) is 3.60. The molecule has 0 spiro atoms. The molecule has 0 aromatic rings. The SMILES string of the molecule is COCCC1(CNCCCC(C)C)CC1. The Hall–Kier alpha value is -0.0800. The van der Waals surface area contributed by atoms with Gasteiger partial charge in [-0.05, 0) is 50.0 Å². The lowest BCUT2D eigenvalue weighted by atomic mass is 10.0. The van der Waals surface area contributed by atoms with Crippen LogP contribution in [0.1, 0.15) is 46.0 Å². The number of rotatable bonds is 9. The third-order valence-corrected chi connectivity index (χ3v) is 3.43. The second-order valence-corrected chi connectivity index (χ2v) is 5.46. The molecule has 1 N–H and O–H groups in total. The van der Waals surface area contributed by atoms with Crippen LogP contribution < -0.4 is 5.32 Å². The predicted octanol–water partition coefficient (Wildman–Crippen LogP) is 2.83. The number of hydrogen-bond acceptors (Lipinski definition) is 2. The van der Waals surface area contributed by atoms with Crippen molar-refractivity contribution in [2.75, 3.05) is 26.8 Å². The smallest absolute Gasteiger partial charge is 0.0468 e. The van der Waals surface area contributed by atoms with Crippen LogP contribution in [0, 0.1) is 11.3 Å². The molecule has 2 nitrogen and oxygen atoms in total. The highest BCUT2D eigenvalue weighted by molar-refractivity contribution is 4.94. The fourth-order valence-corrected chi connectivity index (χ4v) is 2.00. The van der Waals surface area contributed by atoms with Gasteiger partial charge in [0.2, 0.25) is 0 Å². The molecule has 0 unspecified atom stereocenters. The molecular formula is C13H27NO. The molecule has 1 saturated carbocycles. The topological polar surface area (TPSA) is 21.3 Å². The second-order valence-electron chi connectivity index (χ2n) is 5.46. The molecule has 0 aromatic carbocycles. The predicted molar refractivity (Wildman–Crippen MR) is 65.1 cm³/mol. The van der Waals surface area contributed by atoms with Crippen LogP contribution in [0.25, 0.3) is 0 Å².